The van der Waals surface area contributed by atoms with Crippen LogP contribution in [0.2, 0.25) is 0 Å². The Morgan fingerprint density at radius 1 is 1.03 bits per heavy atom. The average molecular weight is 429 g/mol. The number of benzene rings is 2. The van der Waals surface area contributed by atoms with E-state index >= 15 is 0 Å². The lowest BCUT2D eigenvalue weighted by molar-refractivity contribution is 0.355. The summed E-state index contributed by atoms with van der Waals surface area (Å²) in [4.78, 5) is 2.52. The molecule has 0 aliphatic rings. The predicted octanol–water partition coefficient (Wildman–Crippen LogP) is 3.33. The van der Waals surface area contributed by atoms with Crippen LogP contribution in [0.15, 0.2) is 46.5 Å². The third-order valence-electron chi connectivity index (χ3n) is 4.59. The van der Waals surface area contributed by atoms with Crippen LogP contribution in [-0.2, 0) is 10.0 Å². The molecule has 0 saturated heterocycles. The quantitative estimate of drug-likeness (QED) is 0.444. The van der Waals surface area contributed by atoms with Gasteiger partial charge in [0, 0.05) is 11.1 Å². The molecule has 158 valence electrons. The number of ether oxygens (including phenoxy) is 2. The smallest absolute Gasteiger partial charge is 0.277 e. The molecular weight excluding hydrogens is 404 g/mol. The second kappa shape index (κ2) is 8.58. The van der Waals surface area contributed by atoms with Crippen molar-refractivity contribution in [2.24, 2.45) is 5.10 Å². The van der Waals surface area contributed by atoms with E-state index in [-0.39, 0.29) is 4.90 Å². The van der Waals surface area contributed by atoms with Crippen molar-refractivity contribution in [1.29, 1.82) is 0 Å². The molecule has 0 amide bonds. The molecule has 0 aliphatic carbocycles. The molecule has 0 fully saturated rings. The second-order valence-electron chi connectivity index (χ2n) is 6.85. The zero-order chi connectivity index (χ0) is 21.9. The zero-order valence-electron chi connectivity index (χ0n) is 17.5. The van der Waals surface area contributed by atoms with E-state index in [0.717, 1.165) is 11.1 Å². The van der Waals surface area contributed by atoms with Crippen LogP contribution in [0.1, 0.15) is 22.3 Å². The minimum atomic E-state index is -3.80. The highest BCUT2D eigenvalue weighted by Gasteiger charge is 2.19. The lowest BCUT2D eigenvalue weighted by Crippen LogP contribution is -2.20. The van der Waals surface area contributed by atoms with Gasteiger partial charge in [0.1, 0.15) is 0 Å². The van der Waals surface area contributed by atoms with E-state index in [1.165, 1.54) is 6.21 Å². The first-order valence-corrected chi connectivity index (χ1v) is 10.6. The summed E-state index contributed by atoms with van der Waals surface area (Å²) in [5, 5.41) is 10.9. The number of aryl methyl sites for hydroxylation is 3. The Kier molecular flexibility index (Phi) is 6.12. The molecule has 3 rings (SSSR count). The van der Waals surface area contributed by atoms with Gasteiger partial charge in [-0.2, -0.15) is 18.6 Å². The number of methoxy groups -OCH3 is 2. The summed E-state index contributed by atoms with van der Waals surface area (Å²) in [5.74, 6) is 1.17. The zero-order valence-corrected chi connectivity index (χ0v) is 18.3. The van der Waals surface area contributed by atoms with Crippen LogP contribution in [0.5, 0.6) is 11.5 Å². The van der Waals surface area contributed by atoms with Crippen molar-refractivity contribution in [3.8, 4) is 22.8 Å². The van der Waals surface area contributed by atoms with Crippen LogP contribution in [0, 0.1) is 20.8 Å². The van der Waals surface area contributed by atoms with Crippen LogP contribution in [-0.4, -0.2) is 39.0 Å². The summed E-state index contributed by atoms with van der Waals surface area (Å²) in [5.41, 5.74) is 4.42. The first-order valence-electron chi connectivity index (χ1n) is 9.15. The SMILES string of the molecule is COc1ccc(-c2[nH]ncc2/C=N\NS(=O)(=O)c2c(C)cc(C)cc2C)cc1OC. The van der Waals surface area contributed by atoms with Gasteiger partial charge in [-0.25, -0.2) is 4.83 Å². The Bertz CT molecular complexity index is 1180. The van der Waals surface area contributed by atoms with E-state index in [4.69, 9.17) is 9.47 Å². The summed E-state index contributed by atoms with van der Waals surface area (Å²) in [7, 11) is -0.683. The molecule has 2 aromatic carbocycles. The second-order valence-corrected chi connectivity index (χ2v) is 8.45. The number of hydrazone groups is 1. The van der Waals surface area contributed by atoms with Crippen molar-refractivity contribution in [2.45, 2.75) is 25.7 Å². The van der Waals surface area contributed by atoms with Crippen molar-refractivity contribution < 1.29 is 17.9 Å². The van der Waals surface area contributed by atoms with E-state index in [1.54, 1.807) is 46.4 Å². The predicted molar refractivity (Wildman–Crippen MR) is 116 cm³/mol. The highest BCUT2D eigenvalue weighted by atomic mass is 32.2. The van der Waals surface area contributed by atoms with E-state index < -0.39 is 10.0 Å². The van der Waals surface area contributed by atoms with Gasteiger partial charge in [0.25, 0.3) is 10.0 Å². The Hall–Kier alpha value is -3.33. The Morgan fingerprint density at radius 2 is 1.70 bits per heavy atom. The molecule has 0 saturated carbocycles. The van der Waals surface area contributed by atoms with Gasteiger partial charge in [-0.05, 0) is 50.1 Å². The van der Waals surface area contributed by atoms with E-state index in [2.05, 4.69) is 20.1 Å². The van der Waals surface area contributed by atoms with E-state index in [0.29, 0.717) is 33.9 Å². The van der Waals surface area contributed by atoms with E-state index in [1.807, 2.05) is 25.1 Å². The number of rotatable bonds is 7. The molecule has 8 nitrogen and oxygen atoms in total. The van der Waals surface area contributed by atoms with Crippen LogP contribution in [0.4, 0.5) is 0 Å². The third kappa shape index (κ3) is 4.30. The Labute approximate surface area is 176 Å². The lowest BCUT2D eigenvalue weighted by atomic mass is 10.1. The minimum absolute atomic E-state index is 0.234. The number of H-pyrrole nitrogens is 1. The maximum atomic E-state index is 12.7. The normalized spacial score (nSPS) is 11.6. The molecule has 0 radical (unpaired) electrons. The highest BCUT2D eigenvalue weighted by Crippen LogP contribution is 2.32. The van der Waals surface area contributed by atoms with Crippen LogP contribution in [0.25, 0.3) is 11.3 Å². The number of hydrogen-bond acceptors (Lipinski definition) is 6. The number of aromatic amines is 1. The molecule has 30 heavy (non-hydrogen) atoms. The van der Waals surface area contributed by atoms with Gasteiger partial charge in [0.2, 0.25) is 0 Å². The molecule has 0 aliphatic heterocycles. The Balaban J connectivity index is 1.87. The molecule has 0 unspecified atom stereocenters. The number of nitrogens with one attached hydrogen (secondary N) is 2. The maximum absolute atomic E-state index is 12.7. The standard InChI is InChI=1S/C21H24N4O4S/c1-13-8-14(2)21(15(3)9-13)30(26,27)25-23-12-17-11-22-24-20(17)16-6-7-18(28-4)19(10-16)29-5/h6-12,25H,1-5H3,(H,22,24)/b23-12-. The van der Waals surface area contributed by atoms with Crippen molar-refractivity contribution >= 4 is 16.2 Å². The summed E-state index contributed by atoms with van der Waals surface area (Å²) in [6, 6.07) is 9.08. The maximum Gasteiger partial charge on any atom is 0.277 e. The fourth-order valence-electron chi connectivity index (χ4n) is 3.42. The fraction of sp³-hybridized carbons (Fsp3) is 0.238. The monoisotopic (exact) mass is 428 g/mol. The van der Waals surface area contributed by atoms with Crippen LogP contribution < -0.4 is 14.3 Å². The fourth-order valence-corrected chi connectivity index (χ4v) is 4.67. The van der Waals surface area contributed by atoms with Crippen molar-refractivity contribution in [1.82, 2.24) is 15.0 Å². The number of nitrogens with zero attached hydrogens (tertiary/aromatic N) is 2. The average Bonchev–Trinajstić information content (AvgIpc) is 3.14. The van der Waals surface area contributed by atoms with Gasteiger partial charge < -0.3 is 9.47 Å². The third-order valence-corrected chi connectivity index (χ3v) is 6.12. The van der Waals surface area contributed by atoms with Gasteiger partial charge in [-0.3, -0.25) is 5.10 Å². The summed E-state index contributed by atoms with van der Waals surface area (Å²) in [6.07, 6.45) is 2.97. The molecule has 1 heterocycles. The first kappa shape index (κ1) is 21.4. The topological polar surface area (TPSA) is 106 Å². The lowest BCUT2D eigenvalue weighted by Gasteiger charge is -2.11. The molecule has 3 aromatic rings. The molecule has 0 bridgehead atoms. The number of hydrogen-bond donors (Lipinski definition) is 2. The minimum Gasteiger partial charge on any atom is -0.493 e. The van der Waals surface area contributed by atoms with Gasteiger partial charge in [0.05, 0.1) is 37.2 Å². The van der Waals surface area contributed by atoms with E-state index in [9.17, 15) is 8.42 Å². The molecule has 0 atom stereocenters. The molecule has 1 aromatic heterocycles. The molecule has 2 N–H and O–H groups in total. The largest absolute Gasteiger partial charge is 0.493 e. The number of sulfonamides is 1. The first-order chi connectivity index (χ1) is 14.3. The van der Waals surface area contributed by atoms with Crippen molar-refractivity contribution in [2.75, 3.05) is 14.2 Å². The summed E-state index contributed by atoms with van der Waals surface area (Å²) >= 11 is 0. The van der Waals surface area contributed by atoms with Gasteiger partial charge in [-0.1, -0.05) is 17.7 Å². The van der Waals surface area contributed by atoms with Crippen molar-refractivity contribution in [3.05, 3.63) is 58.8 Å². The molecule has 0 spiro atoms. The molecule has 9 heteroatoms. The Morgan fingerprint density at radius 3 is 2.33 bits per heavy atom. The van der Waals surface area contributed by atoms with Crippen molar-refractivity contribution in [3.63, 3.8) is 0 Å². The van der Waals surface area contributed by atoms with Crippen LogP contribution >= 0.6 is 0 Å². The van der Waals surface area contributed by atoms with Gasteiger partial charge in [0.15, 0.2) is 11.5 Å². The van der Waals surface area contributed by atoms with Gasteiger partial charge in [-0.15, -0.1) is 0 Å². The highest BCUT2D eigenvalue weighted by molar-refractivity contribution is 7.89. The summed E-state index contributed by atoms with van der Waals surface area (Å²) < 4.78 is 36.1. The summed E-state index contributed by atoms with van der Waals surface area (Å²) in [6.45, 7) is 5.46. The van der Waals surface area contributed by atoms with Gasteiger partial charge >= 0.3 is 0 Å². The number of aromatic nitrogens is 2. The molecular formula is C21H24N4O4S. The van der Waals surface area contributed by atoms with Crippen LogP contribution in [0.3, 0.4) is 0 Å².